The zero-order chi connectivity index (χ0) is 18.0. The van der Waals surface area contributed by atoms with Crippen molar-refractivity contribution < 1.29 is 14.6 Å². The van der Waals surface area contributed by atoms with Gasteiger partial charge < -0.3 is 9.84 Å². The third kappa shape index (κ3) is 3.24. The summed E-state index contributed by atoms with van der Waals surface area (Å²) in [6.45, 7) is 3.88. The molecule has 0 saturated carbocycles. The number of aromatic carboxylic acids is 1. The maximum atomic E-state index is 11.4. The molecule has 1 heterocycles. The van der Waals surface area contributed by atoms with Crippen molar-refractivity contribution in [3.63, 3.8) is 0 Å². The molecule has 0 spiro atoms. The monoisotopic (exact) mass is 333 g/mol. The smallest absolute Gasteiger partial charge is 0.336 e. The second-order valence-corrected chi connectivity index (χ2v) is 5.86. The Bertz CT molecular complexity index is 930. The summed E-state index contributed by atoms with van der Waals surface area (Å²) in [7, 11) is 1.64. The number of hydrogen-bond acceptors (Lipinski definition) is 3. The molecule has 0 radical (unpaired) electrons. The summed E-state index contributed by atoms with van der Waals surface area (Å²) < 4.78 is 5.51. The molecule has 2 aromatic carbocycles. The Balaban J connectivity index is 2.07. The maximum absolute atomic E-state index is 11.4. The summed E-state index contributed by atoms with van der Waals surface area (Å²) in [5.41, 5.74) is 5.61. The van der Waals surface area contributed by atoms with Gasteiger partial charge in [-0.1, -0.05) is 42.5 Å². The molecular formula is C21H19NO3. The summed E-state index contributed by atoms with van der Waals surface area (Å²) in [5, 5.41) is 9.37. The van der Waals surface area contributed by atoms with Gasteiger partial charge in [0.1, 0.15) is 5.75 Å². The topological polar surface area (TPSA) is 59.4 Å². The Hall–Kier alpha value is -3.14. The van der Waals surface area contributed by atoms with E-state index in [1.165, 1.54) is 0 Å². The van der Waals surface area contributed by atoms with Crippen LogP contribution in [0.2, 0.25) is 0 Å². The number of methoxy groups -OCH3 is 1. The molecule has 126 valence electrons. The first-order chi connectivity index (χ1) is 12.0. The van der Waals surface area contributed by atoms with Crippen LogP contribution in [0, 0.1) is 13.8 Å². The number of nitrogens with zero attached hydrogens (tertiary/aromatic N) is 1. The van der Waals surface area contributed by atoms with Crippen molar-refractivity contribution in [1.29, 1.82) is 0 Å². The van der Waals surface area contributed by atoms with Crippen LogP contribution in [-0.2, 0) is 0 Å². The fourth-order valence-electron chi connectivity index (χ4n) is 3.04. The van der Waals surface area contributed by atoms with Gasteiger partial charge in [-0.05, 0) is 42.7 Å². The van der Waals surface area contributed by atoms with Crippen molar-refractivity contribution in [3.05, 3.63) is 71.5 Å². The second-order valence-electron chi connectivity index (χ2n) is 5.86. The number of ether oxygens (including phenoxy) is 1. The van der Waals surface area contributed by atoms with Gasteiger partial charge in [0.25, 0.3) is 0 Å². The number of rotatable bonds is 4. The minimum Gasteiger partial charge on any atom is -0.494 e. The fraction of sp³-hybridized carbons (Fsp3) is 0.143. The molecule has 4 nitrogen and oxygen atoms in total. The summed E-state index contributed by atoms with van der Waals surface area (Å²) in [5.74, 6) is -0.175. The standard InChI is InChI=1S/C21H19NO3/c1-13-12-19(20(25-3)14(2)22-13)16-10-8-15(9-11-16)17-6-4-5-7-18(17)21(23)24/h4-12H,1-3H3,(H,23,24). The lowest BCUT2D eigenvalue weighted by molar-refractivity contribution is 0.0697. The van der Waals surface area contributed by atoms with Crippen LogP contribution in [0.1, 0.15) is 21.7 Å². The third-order valence-electron chi connectivity index (χ3n) is 4.14. The van der Waals surface area contributed by atoms with Gasteiger partial charge in [0.2, 0.25) is 0 Å². The lowest BCUT2D eigenvalue weighted by Gasteiger charge is -2.13. The predicted octanol–water partition coefficient (Wildman–Crippen LogP) is 4.74. The number of pyridine rings is 1. The van der Waals surface area contributed by atoms with Gasteiger partial charge in [0.15, 0.2) is 0 Å². The highest BCUT2D eigenvalue weighted by molar-refractivity contribution is 5.96. The highest BCUT2D eigenvalue weighted by Gasteiger charge is 2.13. The van der Waals surface area contributed by atoms with Crippen LogP contribution in [0.5, 0.6) is 5.75 Å². The van der Waals surface area contributed by atoms with Crippen LogP contribution >= 0.6 is 0 Å². The first-order valence-electron chi connectivity index (χ1n) is 7.96. The van der Waals surface area contributed by atoms with E-state index in [-0.39, 0.29) is 0 Å². The third-order valence-corrected chi connectivity index (χ3v) is 4.14. The number of hydrogen-bond donors (Lipinski definition) is 1. The molecule has 0 amide bonds. The zero-order valence-electron chi connectivity index (χ0n) is 14.4. The van der Waals surface area contributed by atoms with E-state index in [9.17, 15) is 9.90 Å². The molecule has 0 saturated heterocycles. The Morgan fingerprint density at radius 1 is 0.960 bits per heavy atom. The van der Waals surface area contributed by atoms with Gasteiger partial charge in [0, 0.05) is 11.3 Å². The molecule has 0 aliphatic rings. The van der Waals surface area contributed by atoms with Crippen LogP contribution in [0.3, 0.4) is 0 Å². The van der Waals surface area contributed by atoms with Crippen molar-refractivity contribution in [2.75, 3.05) is 7.11 Å². The number of carboxylic acids is 1. The van der Waals surface area contributed by atoms with Gasteiger partial charge in [-0.2, -0.15) is 0 Å². The van der Waals surface area contributed by atoms with Crippen molar-refractivity contribution in [1.82, 2.24) is 4.98 Å². The van der Waals surface area contributed by atoms with Crippen LogP contribution in [0.4, 0.5) is 0 Å². The zero-order valence-corrected chi connectivity index (χ0v) is 14.4. The molecule has 0 unspecified atom stereocenters. The molecule has 3 rings (SSSR count). The molecule has 25 heavy (non-hydrogen) atoms. The van der Waals surface area contributed by atoms with Gasteiger partial charge in [-0.3, -0.25) is 4.98 Å². The lowest BCUT2D eigenvalue weighted by Crippen LogP contribution is -1.99. The van der Waals surface area contributed by atoms with Gasteiger partial charge in [-0.15, -0.1) is 0 Å². The Morgan fingerprint density at radius 2 is 1.56 bits per heavy atom. The van der Waals surface area contributed by atoms with Gasteiger partial charge in [-0.25, -0.2) is 4.79 Å². The van der Waals surface area contributed by atoms with E-state index in [0.29, 0.717) is 11.1 Å². The molecule has 0 atom stereocenters. The van der Waals surface area contributed by atoms with E-state index >= 15 is 0 Å². The quantitative estimate of drug-likeness (QED) is 0.749. The van der Waals surface area contributed by atoms with E-state index in [2.05, 4.69) is 4.98 Å². The molecule has 0 aliphatic carbocycles. The lowest BCUT2D eigenvalue weighted by atomic mass is 9.96. The van der Waals surface area contributed by atoms with Crippen molar-refractivity contribution in [3.8, 4) is 28.0 Å². The van der Waals surface area contributed by atoms with E-state index in [1.54, 1.807) is 19.2 Å². The molecule has 1 aromatic heterocycles. The number of aromatic nitrogens is 1. The Kier molecular flexibility index (Phi) is 4.52. The van der Waals surface area contributed by atoms with Crippen LogP contribution in [0.15, 0.2) is 54.6 Å². The number of aryl methyl sites for hydroxylation is 2. The Morgan fingerprint density at radius 3 is 2.16 bits per heavy atom. The highest BCUT2D eigenvalue weighted by atomic mass is 16.5. The number of carbonyl (C=O) groups is 1. The van der Waals surface area contributed by atoms with Crippen LogP contribution < -0.4 is 4.74 Å². The molecular weight excluding hydrogens is 314 g/mol. The first-order valence-corrected chi connectivity index (χ1v) is 7.96. The Labute approximate surface area is 146 Å². The minimum atomic E-state index is -0.929. The largest absolute Gasteiger partial charge is 0.494 e. The molecule has 1 N–H and O–H groups in total. The van der Waals surface area contributed by atoms with E-state index in [4.69, 9.17) is 4.74 Å². The molecule has 4 heteroatoms. The van der Waals surface area contributed by atoms with E-state index in [1.807, 2.05) is 56.3 Å². The van der Waals surface area contributed by atoms with Crippen molar-refractivity contribution in [2.24, 2.45) is 0 Å². The summed E-state index contributed by atoms with van der Waals surface area (Å²) in [6, 6.07) is 16.8. The van der Waals surface area contributed by atoms with Crippen molar-refractivity contribution in [2.45, 2.75) is 13.8 Å². The van der Waals surface area contributed by atoms with E-state index in [0.717, 1.165) is 33.8 Å². The average Bonchev–Trinajstić information content (AvgIpc) is 2.61. The normalized spacial score (nSPS) is 10.5. The molecule has 3 aromatic rings. The van der Waals surface area contributed by atoms with Gasteiger partial charge >= 0.3 is 5.97 Å². The van der Waals surface area contributed by atoms with Crippen molar-refractivity contribution >= 4 is 5.97 Å². The minimum absolute atomic E-state index is 0.295. The molecule has 0 fully saturated rings. The van der Waals surface area contributed by atoms with Crippen LogP contribution in [0.25, 0.3) is 22.3 Å². The average molecular weight is 333 g/mol. The predicted molar refractivity (Wildman–Crippen MR) is 98.1 cm³/mol. The number of carboxylic acid groups (broad SMARTS) is 1. The summed E-state index contributed by atoms with van der Waals surface area (Å²) >= 11 is 0. The summed E-state index contributed by atoms with van der Waals surface area (Å²) in [6.07, 6.45) is 0. The fourth-order valence-corrected chi connectivity index (χ4v) is 3.04. The SMILES string of the molecule is COc1c(-c2ccc(-c3ccccc3C(=O)O)cc2)cc(C)nc1C. The highest BCUT2D eigenvalue weighted by Crippen LogP contribution is 2.34. The number of benzene rings is 2. The summed E-state index contributed by atoms with van der Waals surface area (Å²) in [4.78, 5) is 15.9. The van der Waals surface area contributed by atoms with E-state index < -0.39 is 5.97 Å². The van der Waals surface area contributed by atoms with Gasteiger partial charge in [0.05, 0.1) is 18.4 Å². The first kappa shape index (κ1) is 16.7. The maximum Gasteiger partial charge on any atom is 0.336 e. The van der Waals surface area contributed by atoms with Crippen LogP contribution in [-0.4, -0.2) is 23.2 Å². The molecule has 0 bridgehead atoms. The second kappa shape index (κ2) is 6.77. The molecule has 0 aliphatic heterocycles.